The first-order chi connectivity index (χ1) is 33.1. The average Bonchev–Trinajstić information content (AvgIpc) is 3.38. The van der Waals surface area contributed by atoms with Gasteiger partial charge in [0, 0.05) is 35.9 Å². The lowest BCUT2D eigenvalue weighted by Gasteiger charge is -2.40. The molecule has 0 radical (unpaired) electrons. The van der Waals surface area contributed by atoms with Crippen LogP contribution in [-0.2, 0) is 17.6 Å². The van der Waals surface area contributed by atoms with Gasteiger partial charge in [-0.15, -0.1) is 0 Å². The molecule has 2 aliphatic carbocycles. The Hall–Kier alpha value is -3.44. The van der Waals surface area contributed by atoms with Crippen LogP contribution in [0.1, 0.15) is 255 Å². The van der Waals surface area contributed by atoms with Gasteiger partial charge in [0.2, 0.25) is 0 Å². The molecule has 2 fully saturated rings. The second-order valence-electron chi connectivity index (χ2n) is 21.3. The summed E-state index contributed by atoms with van der Waals surface area (Å²) in [5, 5.41) is 0. The van der Waals surface area contributed by atoms with E-state index in [4.69, 9.17) is 24.7 Å². The number of unbranched alkanes of at least 4 members (excludes halogenated alkanes) is 16. The van der Waals surface area contributed by atoms with Crippen molar-refractivity contribution >= 4 is 0 Å². The van der Waals surface area contributed by atoms with Crippen LogP contribution in [0.15, 0.2) is 73.3 Å². The smallest absolute Gasteiger partial charge is 0.159 e. The number of benzene rings is 2. The van der Waals surface area contributed by atoms with Crippen molar-refractivity contribution in [2.45, 2.75) is 245 Å². The first-order valence-corrected chi connectivity index (χ1v) is 28.6. The highest BCUT2D eigenvalue weighted by Gasteiger charge is 2.36. The Balaban J connectivity index is 1.19. The van der Waals surface area contributed by atoms with Crippen LogP contribution in [-0.4, -0.2) is 19.9 Å². The summed E-state index contributed by atoms with van der Waals surface area (Å²) in [5.74, 6) is 4.38. The largest absolute Gasteiger partial charge is 0.365 e. The number of nitrogens with zero attached hydrogens (tertiary/aromatic N) is 4. The van der Waals surface area contributed by atoms with E-state index in [1.807, 2.05) is 0 Å². The minimum absolute atomic E-state index is 0.0506. The third kappa shape index (κ3) is 18.1. The molecule has 0 bridgehead atoms. The molecule has 2 saturated carbocycles. The maximum Gasteiger partial charge on any atom is 0.159 e. The molecule has 5 nitrogen and oxygen atoms in total. The number of rotatable bonds is 32. The monoisotopic (exact) mass is 911 g/mol. The molecule has 0 N–H and O–H groups in total. The van der Waals surface area contributed by atoms with E-state index >= 15 is 0 Å². The highest BCUT2D eigenvalue weighted by molar-refractivity contribution is 5.56. The Bertz CT molecular complexity index is 1700. The Labute approximate surface area is 410 Å². The fourth-order valence-electron chi connectivity index (χ4n) is 11.5. The molecule has 4 aromatic rings. The summed E-state index contributed by atoms with van der Waals surface area (Å²) in [7, 11) is 0. The molecule has 2 aromatic carbocycles. The molecule has 2 atom stereocenters. The molecule has 6 rings (SSSR count). The summed E-state index contributed by atoms with van der Waals surface area (Å²) in [6, 6.07) is 18.5. The van der Waals surface area contributed by atoms with Crippen LogP contribution < -0.4 is 0 Å². The minimum Gasteiger partial charge on any atom is -0.365 e. The maximum absolute atomic E-state index is 7.80. The third-order valence-corrected chi connectivity index (χ3v) is 15.9. The zero-order valence-electron chi connectivity index (χ0n) is 43.2. The predicted octanol–water partition coefficient (Wildman–Crippen LogP) is 18.8. The zero-order chi connectivity index (χ0) is 46.7. The topological polar surface area (TPSA) is 60.8 Å². The summed E-state index contributed by atoms with van der Waals surface area (Å²) < 4.78 is 7.80. The molecular formula is C62H94N4O. The van der Waals surface area contributed by atoms with Crippen LogP contribution in [0.2, 0.25) is 0 Å². The molecule has 67 heavy (non-hydrogen) atoms. The minimum atomic E-state index is 0.0506. The first kappa shape index (κ1) is 52.9. The van der Waals surface area contributed by atoms with Crippen molar-refractivity contribution in [3.05, 3.63) is 95.6 Å². The lowest BCUT2D eigenvalue weighted by atomic mass is 9.74. The fourth-order valence-corrected chi connectivity index (χ4v) is 11.5. The van der Waals surface area contributed by atoms with Crippen molar-refractivity contribution in [3.8, 4) is 22.8 Å². The molecule has 0 aliphatic heterocycles. The molecule has 0 saturated heterocycles. The van der Waals surface area contributed by atoms with Gasteiger partial charge < -0.3 is 4.74 Å². The normalized spacial score (nSPS) is 19.6. The molecule has 2 aromatic heterocycles. The van der Waals surface area contributed by atoms with Gasteiger partial charge in [0.1, 0.15) is 0 Å². The van der Waals surface area contributed by atoms with Crippen LogP contribution in [0, 0.1) is 23.7 Å². The van der Waals surface area contributed by atoms with E-state index < -0.39 is 0 Å². The fraction of sp³-hybridized carbons (Fsp3) is 0.677. The molecular weight excluding hydrogens is 817 g/mol. The summed E-state index contributed by atoms with van der Waals surface area (Å²) in [5.41, 5.74) is 7.31. The van der Waals surface area contributed by atoms with Gasteiger partial charge in [-0.3, -0.25) is 0 Å². The van der Waals surface area contributed by atoms with E-state index in [9.17, 15) is 0 Å². The van der Waals surface area contributed by atoms with Gasteiger partial charge in [-0.25, -0.2) is 19.9 Å². The van der Waals surface area contributed by atoms with Crippen LogP contribution in [0.3, 0.4) is 0 Å². The van der Waals surface area contributed by atoms with Gasteiger partial charge in [-0.1, -0.05) is 230 Å². The van der Waals surface area contributed by atoms with Crippen LogP contribution >= 0.6 is 0 Å². The second-order valence-corrected chi connectivity index (χ2v) is 21.3. The van der Waals surface area contributed by atoms with Crippen molar-refractivity contribution in [1.29, 1.82) is 0 Å². The average molecular weight is 911 g/mol. The maximum atomic E-state index is 7.80. The first-order valence-electron chi connectivity index (χ1n) is 28.6. The van der Waals surface area contributed by atoms with E-state index in [-0.39, 0.29) is 12.2 Å². The SMILES string of the molecule is CCCCCCCCc1cnc(-c2ccc(C(OC(c3ccc(-c4ncc(CCCCCCCC)cn4)cc3)[C@H]3CC[C@H](CCCCCC)CC3)[C@H]3CC[C@H](CCCCCC)CC3)cc2)nc1. The van der Waals surface area contributed by atoms with Gasteiger partial charge in [0.15, 0.2) is 11.6 Å². The van der Waals surface area contributed by atoms with E-state index in [1.54, 1.807) is 0 Å². The highest BCUT2D eigenvalue weighted by atomic mass is 16.5. The number of hydrogen-bond donors (Lipinski definition) is 0. The Morgan fingerprint density at radius 3 is 1.04 bits per heavy atom. The second kappa shape index (κ2) is 30.9. The van der Waals surface area contributed by atoms with E-state index in [0.29, 0.717) is 11.8 Å². The lowest BCUT2D eigenvalue weighted by molar-refractivity contribution is -0.0907. The number of aryl methyl sites for hydroxylation is 2. The Morgan fingerprint density at radius 2 is 0.701 bits per heavy atom. The molecule has 2 heterocycles. The molecule has 2 aliphatic rings. The molecule has 5 heteroatoms. The number of aromatic nitrogens is 4. The zero-order valence-corrected chi connectivity index (χ0v) is 43.2. The van der Waals surface area contributed by atoms with Crippen molar-refractivity contribution in [2.24, 2.45) is 23.7 Å². The predicted molar refractivity (Wildman–Crippen MR) is 284 cm³/mol. The van der Waals surface area contributed by atoms with Crippen LogP contribution in [0.5, 0.6) is 0 Å². The summed E-state index contributed by atoms with van der Waals surface area (Å²) in [6.45, 7) is 9.22. The van der Waals surface area contributed by atoms with Crippen LogP contribution in [0.4, 0.5) is 0 Å². The van der Waals surface area contributed by atoms with Crippen molar-refractivity contribution in [1.82, 2.24) is 19.9 Å². The van der Waals surface area contributed by atoms with Crippen LogP contribution in [0.25, 0.3) is 22.8 Å². The van der Waals surface area contributed by atoms with E-state index in [0.717, 1.165) is 47.5 Å². The molecule has 2 unspecified atom stereocenters. The van der Waals surface area contributed by atoms with Crippen molar-refractivity contribution < 1.29 is 4.74 Å². The molecule has 0 spiro atoms. The Kier molecular flexibility index (Phi) is 24.4. The van der Waals surface area contributed by atoms with Gasteiger partial charge in [0.25, 0.3) is 0 Å². The summed E-state index contributed by atoms with van der Waals surface area (Å²) in [4.78, 5) is 19.5. The van der Waals surface area contributed by atoms with Gasteiger partial charge in [-0.05, 0) is 97.3 Å². The van der Waals surface area contributed by atoms with Gasteiger partial charge in [0.05, 0.1) is 12.2 Å². The summed E-state index contributed by atoms with van der Waals surface area (Å²) in [6.07, 6.45) is 50.2. The van der Waals surface area contributed by atoms with Crippen molar-refractivity contribution in [3.63, 3.8) is 0 Å². The van der Waals surface area contributed by atoms with E-state index in [2.05, 4.69) is 101 Å². The molecule has 368 valence electrons. The van der Waals surface area contributed by atoms with Gasteiger partial charge >= 0.3 is 0 Å². The standard InChI is InChI=1S/C62H94N4O/c1-5-9-13-17-19-23-27-51-45-63-61(64-46-51)57-41-37-55(38-42-57)59(53-33-29-49(30-34-53)25-21-15-11-7-3)67-60(54-35-31-50(32-36-54)26-22-16-12-8-4)56-39-43-58(44-40-56)62-65-47-52(48-66-62)28-24-20-18-14-10-6-2/h37-50,53-54,59-60H,5-36H2,1-4H3/t49-,50-,53-,54-,59?,60?. The Morgan fingerprint density at radius 1 is 0.388 bits per heavy atom. The number of hydrogen-bond acceptors (Lipinski definition) is 5. The number of ether oxygens (including phenoxy) is 1. The summed E-state index contributed by atoms with van der Waals surface area (Å²) >= 11 is 0. The third-order valence-electron chi connectivity index (χ3n) is 15.9. The quantitative estimate of drug-likeness (QED) is 0.0457. The molecule has 0 amide bonds. The highest BCUT2D eigenvalue weighted by Crippen LogP contribution is 2.47. The van der Waals surface area contributed by atoms with E-state index in [1.165, 1.54) is 215 Å². The van der Waals surface area contributed by atoms with Crippen molar-refractivity contribution in [2.75, 3.05) is 0 Å². The lowest BCUT2D eigenvalue weighted by Crippen LogP contribution is -2.28. The van der Waals surface area contributed by atoms with Gasteiger partial charge in [-0.2, -0.15) is 0 Å².